The zero-order valence-corrected chi connectivity index (χ0v) is 19.7. The molecule has 2 fully saturated rings. The molecule has 4 rings (SSSR count). The summed E-state index contributed by atoms with van der Waals surface area (Å²) in [5.74, 6) is 2.45. The van der Waals surface area contributed by atoms with Crippen molar-refractivity contribution in [1.82, 2.24) is 9.80 Å². The van der Waals surface area contributed by atoms with Crippen LogP contribution < -0.4 is 9.47 Å². The lowest BCUT2D eigenvalue weighted by molar-refractivity contribution is 0.0587. The number of rotatable bonds is 7. The molecule has 2 aliphatic heterocycles. The van der Waals surface area contributed by atoms with Gasteiger partial charge in [-0.25, -0.2) is 0 Å². The Bertz CT molecular complexity index is 901. The lowest BCUT2D eigenvalue weighted by atomic mass is 9.77. The van der Waals surface area contributed by atoms with Crippen LogP contribution in [0.4, 0.5) is 0 Å². The molecule has 0 N–H and O–H groups in total. The molecular formula is C27H36N2O3. The van der Waals surface area contributed by atoms with Gasteiger partial charge in [-0.1, -0.05) is 32.0 Å². The van der Waals surface area contributed by atoms with Crippen LogP contribution in [0.2, 0.25) is 0 Å². The Hall–Kier alpha value is -2.53. The average molecular weight is 437 g/mol. The zero-order chi connectivity index (χ0) is 22.6. The molecule has 0 aliphatic carbocycles. The van der Waals surface area contributed by atoms with Crippen LogP contribution in [-0.4, -0.2) is 55.6 Å². The second kappa shape index (κ2) is 9.95. The van der Waals surface area contributed by atoms with Gasteiger partial charge in [0.25, 0.3) is 5.91 Å². The van der Waals surface area contributed by atoms with Gasteiger partial charge in [-0.2, -0.15) is 0 Å². The number of hydrogen-bond donors (Lipinski definition) is 0. The minimum atomic E-state index is 0.133. The molecule has 5 heteroatoms. The molecule has 2 heterocycles. The minimum absolute atomic E-state index is 0.133. The van der Waals surface area contributed by atoms with Crippen molar-refractivity contribution in [2.24, 2.45) is 11.3 Å². The maximum Gasteiger partial charge on any atom is 0.253 e. The molecule has 1 spiro atoms. The van der Waals surface area contributed by atoms with Crippen molar-refractivity contribution in [2.75, 3.05) is 39.9 Å². The van der Waals surface area contributed by atoms with Crippen LogP contribution in [0.1, 0.15) is 49.0 Å². The number of ether oxygens (including phenoxy) is 2. The molecule has 2 aromatic rings. The van der Waals surface area contributed by atoms with Gasteiger partial charge in [0.2, 0.25) is 0 Å². The molecule has 172 valence electrons. The smallest absolute Gasteiger partial charge is 0.253 e. The fourth-order valence-electron chi connectivity index (χ4n) is 4.94. The number of nitrogens with zero attached hydrogens (tertiary/aromatic N) is 2. The van der Waals surface area contributed by atoms with Crippen LogP contribution in [0, 0.1) is 11.3 Å². The van der Waals surface area contributed by atoms with E-state index in [1.807, 2.05) is 29.2 Å². The van der Waals surface area contributed by atoms with Crippen molar-refractivity contribution in [3.63, 3.8) is 0 Å². The third kappa shape index (κ3) is 5.26. The van der Waals surface area contributed by atoms with E-state index in [1.54, 1.807) is 7.11 Å². The summed E-state index contributed by atoms with van der Waals surface area (Å²) >= 11 is 0. The average Bonchev–Trinajstić information content (AvgIpc) is 3.20. The van der Waals surface area contributed by atoms with Gasteiger partial charge in [-0.15, -0.1) is 0 Å². The Kier molecular flexibility index (Phi) is 7.04. The van der Waals surface area contributed by atoms with Gasteiger partial charge in [0.1, 0.15) is 11.5 Å². The van der Waals surface area contributed by atoms with Crippen LogP contribution in [-0.2, 0) is 6.54 Å². The molecule has 0 unspecified atom stereocenters. The molecule has 2 saturated heterocycles. The Morgan fingerprint density at radius 2 is 1.69 bits per heavy atom. The van der Waals surface area contributed by atoms with Gasteiger partial charge in [0.15, 0.2) is 0 Å². The molecule has 0 aromatic heterocycles. The highest BCUT2D eigenvalue weighted by molar-refractivity contribution is 5.94. The van der Waals surface area contributed by atoms with E-state index in [9.17, 15) is 4.79 Å². The zero-order valence-electron chi connectivity index (χ0n) is 19.7. The van der Waals surface area contributed by atoms with Crippen molar-refractivity contribution in [1.29, 1.82) is 0 Å². The maximum atomic E-state index is 12.9. The fourth-order valence-corrected chi connectivity index (χ4v) is 4.94. The Balaban J connectivity index is 1.32. The number of carbonyl (C=O) groups is 1. The number of carbonyl (C=O) groups excluding carboxylic acids is 1. The van der Waals surface area contributed by atoms with Crippen LogP contribution in [0.3, 0.4) is 0 Å². The molecule has 5 nitrogen and oxygen atoms in total. The van der Waals surface area contributed by atoms with E-state index < -0.39 is 0 Å². The van der Waals surface area contributed by atoms with Crippen LogP contribution in [0.5, 0.6) is 11.5 Å². The summed E-state index contributed by atoms with van der Waals surface area (Å²) in [5, 5.41) is 0. The highest BCUT2D eigenvalue weighted by atomic mass is 16.5. The van der Waals surface area contributed by atoms with Crippen LogP contribution in [0.15, 0.2) is 48.5 Å². The Morgan fingerprint density at radius 1 is 1.00 bits per heavy atom. The lowest BCUT2D eigenvalue weighted by Gasteiger charge is -2.39. The summed E-state index contributed by atoms with van der Waals surface area (Å²) in [5.41, 5.74) is 2.36. The minimum Gasteiger partial charge on any atom is -0.497 e. The second-order valence-corrected chi connectivity index (χ2v) is 9.79. The Morgan fingerprint density at radius 3 is 2.38 bits per heavy atom. The fraction of sp³-hybridized carbons (Fsp3) is 0.519. The van der Waals surface area contributed by atoms with Gasteiger partial charge in [-0.3, -0.25) is 9.69 Å². The molecular weight excluding hydrogens is 400 g/mol. The number of piperidine rings is 1. The normalized spacial score (nSPS) is 18.3. The standard InChI is InChI=1S/C27H36N2O3/c1-21(2)19-32-25-7-5-4-6-23(25)18-28-15-12-27(20-28)13-16-29(17-14-27)26(30)22-8-10-24(31-3)11-9-22/h4-11,21H,12-20H2,1-3H3. The van der Waals surface area contributed by atoms with Gasteiger partial charge < -0.3 is 14.4 Å². The molecule has 1 amide bonds. The quantitative estimate of drug-likeness (QED) is 0.622. The highest BCUT2D eigenvalue weighted by Gasteiger charge is 2.41. The van der Waals surface area contributed by atoms with E-state index in [0.29, 0.717) is 11.3 Å². The number of amides is 1. The predicted octanol–water partition coefficient (Wildman–Crippen LogP) is 4.86. The second-order valence-electron chi connectivity index (χ2n) is 9.79. The molecule has 0 atom stereocenters. The summed E-state index contributed by atoms with van der Waals surface area (Å²) < 4.78 is 11.3. The number of methoxy groups -OCH3 is 1. The maximum absolute atomic E-state index is 12.9. The van der Waals surface area contributed by atoms with Gasteiger partial charge >= 0.3 is 0 Å². The van der Waals surface area contributed by atoms with Crippen molar-refractivity contribution in [2.45, 2.75) is 39.7 Å². The van der Waals surface area contributed by atoms with Crippen molar-refractivity contribution < 1.29 is 14.3 Å². The van der Waals surface area contributed by atoms with Crippen molar-refractivity contribution in [3.05, 3.63) is 59.7 Å². The number of para-hydroxylation sites is 1. The van der Waals surface area contributed by atoms with Crippen molar-refractivity contribution >= 4 is 5.91 Å². The first-order chi connectivity index (χ1) is 15.5. The lowest BCUT2D eigenvalue weighted by Crippen LogP contribution is -2.44. The highest BCUT2D eigenvalue weighted by Crippen LogP contribution is 2.41. The van der Waals surface area contributed by atoms with Gasteiger partial charge in [0.05, 0.1) is 13.7 Å². The monoisotopic (exact) mass is 436 g/mol. The summed E-state index contributed by atoms with van der Waals surface area (Å²) in [6.07, 6.45) is 3.38. The SMILES string of the molecule is COc1ccc(C(=O)N2CCC3(CCN(Cc4ccccc4OCC(C)C)C3)CC2)cc1. The van der Waals surface area contributed by atoms with E-state index in [-0.39, 0.29) is 5.91 Å². The van der Waals surface area contributed by atoms with E-state index in [1.165, 1.54) is 12.0 Å². The van der Waals surface area contributed by atoms with E-state index >= 15 is 0 Å². The van der Waals surface area contributed by atoms with E-state index in [2.05, 4.69) is 43.0 Å². The Labute approximate surface area is 192 Å². The van der Waals surface area contributed by atoms with Gasteiger partial charge in [0, 0.05) is 37.3 Å². The predicted molar refractivity (Wildman–Crippen MR) is 127 cm³/mol. The summed E-state index contributed by atoms with van der Waals surface area (Å²) in [7, 11) is 1.64. The summed E-state index contributed by atoms with van der Waals surface area (Å²) in [6, 6.07) is 15.9. The molecule has 0 radical (unpaired) electrons. The van der Waals surface area contributed by atoms with Crippen LogP contribution in [0.25, 0.3) is 0 Å². The first kappa shape index (κ1) is 22.7. The molecule has 2 aliphatic rings. The topological polar surface area (TPSA) is 42.0 Å². The first-order valence-electron chi connectivity index (χ1n) is 11.8. The van der Waals surface area contributed by atoms with E-state index in [0.717, 1.165) is 69.2 Å². The molecule has 0 bridgehead atoms. The largest absolute Gasteiger partial charge is 0.497 e. The number of likely N-dealkylation sites (tertiary alicyclic amines) is 2. The van der Waals surface area contributed by atoms with Gasteiger partial charge in [-0.05, 0) is 67.5 Å². The van der Waals surface area contributed by atoms with Crippen LogP contribution >= 0.6 is 0 Å². The third-order valence-electron chi connectivity index (χ3n) is 6.90. The molecule has 2 aromatic carbocycles. The van der Waals surface area contributed by atoms with E-state index in [4.69, 9.17) is 9.47 Å². The summed E-state index contributed by atoms with van der Waals surface area (Å²) in [6.45, 7) is 9.95. The molecule has 32 heavy (non-hydrogen) atoms. The first-order valence-corrected chi connectivity index (χ1v) is 11.8. The molecule has 0 saturated carbocycles. The number of benzene rings is 2. The van der Waals surface area contributed by atoms with Crippen molar-refractivity contribution in [3.8, 4) is 11.5 Å². The third-order valence-corrected chi connectivity index (χ3v) is 6.90. The number of hydrogen-bond acceptors (Lipinski definition) is 4. The summed E-state index contributed by atoms with van der Waals surface area (Å²) in [4.78, 5) is 17.5.